The summed E-state index contributed by atoms with van der Waals surface area (Å²) in [4.78, 5) is 40.7. The molecule has 0 bridgehead atoms. The highest BCUT2D eigenvalue weighted by Gasteiger charge is 2.43. The Morgan fingerprint density at radius 3 is 1.00 bits per heavy atom. The van der Waals surface area contributed by atoms with Crippen molar-refractivity contribution in [2.45, 2.75) is 53.4 Å². The zero-order valence-corrected chi connectivity index (χ0v) is 32.2. The van der Waals surface area contributed by atoms with Crippen LogP contribution in [0.1, 0.15) is 85.2 Å². The van der Waals surface area contributed by atoms with Crippen molar-refractivity contribution < 1.29 is 9.59 Å². The topological polar surface area (TPSA) is 50.3 Å². The normalized spacial score (nSPS) is 14.4. The molecule has 274 valence electrons. The van der Waals surface area contributed by atoms with E-state index in [-0.39, 0.29) is 23.7 Å². The zero-order chi connectivity index (χ0) is 38.1. The van der Waals surface area contributed by atoms with Gasteiger partial charge in [0.15, 0.2) is 0 Å². The maximum Gasteiger partial charge on any atom is 0.266 e. The summed E-state index contributed by atoms with van der Waals surface area (Å²) < 4.78 is 0. The summed E-state index contributed by atoms with van der Waals surface area (Å²) >= 11 is 0. The molecular weight excluding hydrogens is 679 g/mol. The molecule has 0 radical (unpaired) electrons. The average Bonchev–Trinajstić information content (AvgIpc) is 3.45. The molecule has 0 saturated carbocycles. The fourth-order valence-electron chi connectivity index (χ4n) is 8.84. The van der Waals surface area contributed by atoms with E-state index in [4.69, 9.17) is 0 Å². The Bertz CT molecular complexity index is 2260. The van der Waals surface area contributed by atoms with Crippen LogP contribution in [0.3, 0.4) is 0 Å². The number of hydrogen-bond donors (Lipinski definition) is 0. The number of fused-ring (bicyclic) bond motifs is 5. The number of carbonyl (C=O) groups excluding carboxylic acids is 2. The monoisotopic (exact) mass is 723 g/mol. The van der Waals surface area contributed by atoms with Crippen LogP contribution < -0.4 is 24.5 Å². The van der Waals surface area contributed by atoms with Crippen molar-refractivity contribution in [3.05, 3.63) is 150 Å². The second-order valence-electron chi connectivity index (χ2n) is 15.0. The summed E-state index contributed by atoms with van der Waals surface area (Å²) in [6.07, 6.45) is 0. The maximum absolute atomic E-state index is 15.0. The summed E-state index contributed by atoms with van der Waals surface area (Å²) in [5, 5.41) is 0. The van der Waals surface area contributed by atoms with Crippen molar-refractivity contribution in [1.29, 1.82) is 0 Å². The maximum atomic E-state index is 15.0. The lowest BCUT2D eigenvalue weighted by molar-refractivity contribution is 0.0925. The first-order valence-corrected chi connectivity index (χ1v) is 19.5. The molecule has 55 heavy (non-hydrogen) atoms. The van der Waals surface area contributed by atoms with Gasteiger partial charge >= 0.3 is 0 Å². The largest absolute Gasteiger partial charge is 0.338 e. The molecule has 0 aliphatic carbocycles. The minimum absolute atomic E-state index is 0.106. The van der Waals surface area contributed by atoms with Gasteiger partial charge in [-0.3, -0.25) is 9.59 Å². The number of nitrogens with zero attached hydrogens (tertiary/aromatic N) is 5. The molecule has 0 spiro atoms. The van der Waals surface area contributed by atoms with Gasteiger partial charge in [-0.15, -0.1) is 0 Å². The van der Waals surface area contributed by atoms with Crippen LogP contribution in [0.15, 0.2) is 127 Å². The van der Waals surface area contributed by atoms with E-state index in [1.807, 2.05) is 18.2 Å². The molecule has 3 aliphatic rings. The fraction of sp³-hybridized carbons (Fsp3) is 0.208. The smallest absolute Gasteiger partial charge is 0.266 e. The van der Waals surface area contributed by atoms with Crippen molar-refractivity contribution in [2.24, 2.45) is 0 Å². The Morgan fingerprint density at radius 1 is 0.400 bits per heavy atom. The molecule has 3 aliphatic heterocycles. The SMILES string of the molecule is CCN1c2ccccc2N(c2cc3c(cc2N2c4ccccc4N(CC)c4ccccc42)C(=O)N(c2c(C(C)C)cccc2C(C)C)C3=O)c2ccccc21. The van der Waals surface area contributed by atoms with E-state index in [0.29, 0.717) is 16.8 Å². The van der Waals surface area contributed by atoms with E-state index in [1.54, 1.807) is 0 Å². The first-order chi connectivity index (χ1) is 26.7. The van der Waals surface area contributed by atoms with Crippen LogP contribution in [0.2, 0.25) is 0 Å². The van der Waals surface area contributed by atoms with Crippen LogP contribution >= 0.6 is 0 Å². The number of hydrogen-bond acceptors (Lipinski definition) is 6. The van der Waals surface area contributed by atoms with E-state index >= 15 is 9.59 Å². The van der Waals surface area contributed by atoms with E-state index in [9.17, 15) is 0 Å². The Balaban J connectivity index is 1.36. The zero-order valence-electron chi connectivity index (χ0n) is 32.2. The average molecular weight is 724 g/mol. The molecule has 9 rings (SSSR count). The number of rotatable bonds is 7. The van der Waals surface area contributed by atoms with Crippen LogP contribution in [0.25, 0.3) is 0 Å². The summed E-state index contributed by atoms with van der Waals surface area (Å²) in [7, 11) is 0. The first-order valence-electron chi connectivity index (χ1n) is 19.5. The quantitative estimate of drug-likeness (QED) is 0.153. The van der Waals surface area contributed by atoms with Crippen molar-refractivity contribution in [3.8, 4) is 0 Å². The number of imide groups is 1. The highest BCUT2D eigenvalue weighted by atomic mass is 16.2. The van der Waals surface area contributed by atoms with Crippen LogP contribution in [-0.2, 0) is 0 Å². The number of carbonyl (C=O) groups is 2. The Kier molecular flexibility index (Phi) is 8.26. The second kappa shape index (κ2) is 13.2. The molecule has 6 aromatic carbocycles. The lowest BCUT2D eigenvalue weighted by atomic mass is 9.92. The molecule has 0 aromatic heterocycles. The van der Waals surface area contributed by atoms with Crippen LogP contribution in [0.5, 0.6) is 0 Å². The Labute approximate surface area is 323 Å². The minimum atomic E-state index is -0.298. The standard InChI is InChI=1S/C48H45N5O2/c1-7-49-36-20-9-13-24-40(36)51(41-25-14-10-21-37(41)49)44-28-34-35(48(55)53(47(34)54)46-32(30(3)4)18-17-19-33(46)31(5)6)29-45(44)52-42-26-15-11-22-38(42)50(8-2)39-23-12-16-27-43(39)52/h9-31H,7-8H2,1-6H3. The highest BCUT2D eigenvalue weighted by molar-refractivity contribution is 6.36. The van der Waals surface area contributed by atoms with Gasteiger partial charge in [0.05, 0.1) is 73.7 Å². The molecule has 2 amide bonds. The molecule has 3 heterocycles. The molecule has 6 aromatic rings. The van der Waals surface area contributed by atoms with E-state index in [0.717, 1.165) is 81.1 Å². The fourth-order valence-corrected chi connectivity index (χ4v) is 8.84. The molecule has 0 N–H and O–H groups in total. The third kappa shape index (κ3) is 5.09. The van der Waals surface area contributed by atoms with Gasteiger partial charge in [0.2, 0.25) is 0 Å². The van der Waals surface area contributed by atoms with Crippen molar-refractivity contribution in [1.82, 2.24) is 0 Å². The third-order valence-electron chi connectivity index (χ3n) is 11.3. The van der Waals surface area contributed by atoms with Crippen molar-refractivity contribution >= 4 is 74.4 Å². The van der Waals surface area contributed by atoms with E-state index in [1.165, 1.54) is 4.90 Å². The van der Waals surface area contributed by atoms with Crippen LogP contribution in [-0.4, -0.2) is 24.9 Å². The predicted octanol–water partition coefficient (Wildman–Crippen LogP) is 12.6. The van der Waals surface area contributed by atoms with E-state index in [2.05, 4.69) is 170 Å². The third-order valence-corrected chi connectivity index (χ3v) is 11.3. The molecule has 0 saturated heterocycles. The second-order valence-corrected chi connectivity index (χ2v) is 15.0. The van der Waals surface area contributed by atoms with Crippen molar-refractivity contribution in [3.63, 3.8) is 0 Å². The molecule has 0 atom stereocenters. The van der Waals surface area contributed by atoms with Gasteiger partial charge in [-0.1, -0.05) is 94.4 Å². The first kappa shape index (κ1) is 34.4. The predicted molar refractivity (Wildman–Crippen MR) is 227 cm³/mol. The van der Waals surface area contributed by atoms with Gasteiger partial charge in [0, 0.05) is 13.1 Å². The van der Waals surface area contributed by atoms with Crippen LogP contribution in [0, 0.1) is 0 Å². The summed E-state index contributed by atoms with van der Waals surface area (Å²) in [5.41, 5.74) is 13.4. The lowest BCUT2D eigenvalue weighted by Gasteiger charge is -2.43. The minimum Gasteiger partial charge on any atom is -0.338 e. The molecule has 0 fully saturated rings. The van der Waals surface area contributed by atoms with Gasteiger partial charge in [-0.2, -0.15) is 0 Å². The highest BCUT2D eigenvalue weighted by Crippen LogP contribution is 2.58. The van der Waals surface area contributed by atoms with Gasteiger partial charge in [-0.05, 0) is 97.5 Å². The number of benzene rings is 6. The number of para-hydroxylation sites is 9. The van der Waals surface area contributed by atoms with Crippen molar-refractivity contribution in [2.75, 3.05) is 37.6 Å². The molecular formula is C48H45N5O2. The summed E-state index contributed by atoms with van der Waals surface area (Å²) in [6, 6.07) is 43.9. The number of amides is 2. The van der Waals surface area contributed by atoms with Gasteiger partial charge in [0.1, 0.15) is 0 Å². The molecule has 7 nitrogen and oxygen atoms in total. The van der Waals surface area contributed by atoms with Gasteiger partial charge in [-0.25, -0.2) is 4.90 Å². The van der Waals surface area contributed by atoms with E-state index < -0.39 is 0 Å². The molecule has 0 unspecified atom stereocenters. The Morgan fingerprint density at radius 2 is 0.709 bits per heavy atom. The lowest BCUT2D eigenvalue weighted by Crippen LogP contribution is -2.31. The van der Waals surface area contributed by atoms with Crippen LogP contribution in [0.4, 0.5) is 62.6 Å². The van der Waals surface area contributed by atoms with Gasteiger partial charge in [0.25, 0.3) is 11.8 Å². The summed E-state index contributed by atoms with van der Waals surface area (Å²) in [6.45, 7) is 14.4. The molecule has 7 heteroatoms. The number of anilines is 11. The summed E-state index contributed by atoms with van der Waals surface area (Å²) in [5.74, 6) is -0.383. The Hall–Kier alpha value is -6.34. The van der Waals surface area contributed by atoms with Gasteiger partial charge < -0.3 is 19.6 Å².